The molecule has 2 rings (SSSR count). The van der Waals surface area contributed by atoms with E-state index in [9.17, 15) is 4.79 Å². The average molecular weight is 293 g/mol. The van der Waals surface area contributed by atoms with Gasteiger partial charge in [0.15, 0.2) is 5.65 Å². The smallest absolute Gasteiger partial charge is 0.313 e. The van der Waals surface area contributed by atoms with Crippen LogP contribution in [0.5, 0.6) is 0 Å². The van der Waals surface area contributed by atoms with Crippen LogP contribution < -0.4 is 5.73 Å². The Bertz CT molecular complexity index is 647. The SMILES string of the molecule is CC(OCn1cnc2cnc(N)nc21)OC(=O)C(C)(C)C. The summed E-state index contributed by atoms with van der Waals surface area (Å²) in [7, 11) is 0. The third-order valence-electron chi connectivity index (χ3n) is 2.71. The van der Waals surface area contributed by atoms with E-state index in [1.54, 1.807) is 38.6 Å². The molecule has 1 unspecified atom stereocenters. The molecule has 2 heterocycles. The highest BCUT2D eigenvalue weighted by Crippen LogP contribution is 2.17. The zero-order valence-corrected chi connectivity index (χ0v) is 12.5. The highest BCUT2D eigenvalue weighted by atomic mass is 16.7. The van der Waals surface area contributed by atoms with E-state index >= 15 is 0 Å². The zero-order chi connectivity index (χ0) is 15.6. The van der Waals surface area contributed by atoms with Crippen LogP contribution in [-0.4, -0.2) is 31.8 Å². The Labute approximate surface area is 122 Å². The Balaban J connectivity index is 1.98. The minimum atomic E-state index is -0.673. The molecule has 8 heteroatoms. The first-order valence-electron chi connectivity index (χ1n) is 6.53. The molecule has 0 radical (unpaired) electrons. The molecule has 2 aromatic heterocycles. The highest BCUT2D eigenvalue weighted by Gasteiger charge is 2.25. The number of esters is 1. The third-order valence-corrected chi connectivity index (χ3v) is 2.71. The molecule has 8 nitrogen and oxygen atoms in total. The molecule has 0 saturated heterocycles. The van der Waals surface area contributed by atoms with Crippen molar-refractivity contribution in [2.24, 2.45) is 5.41 Å². The monoisotopic (exact) mass is 293 g/mol. The summed E-state index contributed by atoms with van der Waals surface area (Å²) in [4.78, 5) is 23.8. The second-order valence-corrected chi connectivity index (χ2v) is 5.67. The summed E-state index contributed by atoms with van der Waals surface area (Å²) in [5.41, 5.74) is 6.16. The Morgan fingerprint density at radius 1 is 1.43 bits per heavy atom. The topological polar surface area (TPSA) is 105 Å². The molecule has 2 N–H and O–H groups in total. The Kier molecular flexibility index (Phi) is 4.08. The zero-order valence-electron chi connectivity index (χ0n) is 12.5. The van der Waals surface area contributed by atoms with E-state index in [1.165, 1.54) is 6.20 Å². The van der Waals surface area contributed by atoms with E-state index in [-0.39, 0.29) is 18.6 Å². The summed E-state index contributed by atoms with van der Waals surface area (Å²) in [6.45, 7) is 7.15. The Hall–Kier alpha value is -2.22. The van der Waals surface area contributed by atoms with Gasteiger partial charge in [-0.3, -0.25) is 9.36 Å². The van der Waals surface area contributed by atoms with Gasteiger partial charge in [0.25, 0.3) is 0 Å². The number of hydrogen-bond donors (Lipinski definition) is 1. The van der Waals surface area contributed by atoms with E-state index in [4.69, 9.17) is 15.2 Å². The summed E-state index contributed by atoms with van der Waals surface area (Å²) in [6, 6.07) is 0. The van der Waals surface area contributed by atoms with Crippen LogP contribution in [0.4, 0.5) is 5.95 Å². The van der Waals surface area contributed by atoms with Crippen LogP contribution in [0, 0.1) is 5.41 Å². The quantitative estimate of drug-likeness (QED) is 0.669. The van der Waals surface area contributed by atoms with Crippen molar-refractivity contribution in [1.29, 1.82) is 0 Å². The van der Waals surface area contributed by atoms with Gasteiger partial charge in [-0.1, -0.05) is 0 Å². The van der Waals surface area contributed by atoms with Crippen molar-refractivity contribution >= 4 is 23.1 Å². The van der Waals surface area contributed by atoms with Crippen molar-refractivity contribution in [1.82, 2.24) is 19.5 Å². The molecular formula is C13H19N5O3. The predicted molar refractivity (Wildman–Crippen MR) is 75.8 cm³/mol. The molecule has 0 saturated carbocycles. The van der Waals surface area contributed by atoms with Crippen LogP contribution in [0.25, 0.3) is 11.2 Å². The lowest BCUT2D eigenvalue weighted by Crippen LogP contribution is -2.28. The van der Waals surface area contributed by atoms with Crippen molar-refractivity contribution in [2.75, 3.05) is 5.73 Å². The molecule has 0 amide bonds. The molecule has 0 spiro atoms. The molecule has 114 valence electrons. The number of fused-ring (bicyclic) bond motifs is 1. The number of imidazole rings is 1. The average Bonchev–Trinajstić information content (AvgIpc) is 2.77. The van der Waals surface area contributed by atoms with Gasteiger partial charge in [-0.25, -0.2) is 9.97 Å². The number of rotatable bonds is 4. The van der Waals surface area contributed by atoms with Crippen LogP contribution in [0.15, 0.2) is 12.5 Å². The lowest BCUT2D eigenvalue weighted by molar-refractivity contribution is -0.190. The van der Waals surface area contributed by atoms with Crippen LogP contribution >= 0.6 is 0 Å². The third kappa shape index (κ3) is 3.66. The first kappa shape index (κ1) is 15.2. The van der Waals surface area contributed by atoms with E-state index in [1.807, 2.05) is 0 Å². The van der Waals surface area contributed by atoms with Crippen molar-refractivity contribution in [2.45, 2.75) is 40.7 Å². The summed E-state index contributed by atoms with van der Waals surface area (Å²) in [6.07, 6.45) is 2.43. The fourth-order valence-electron chi connectivity index (χ4n) is 1.51. The molecule has 2 aromatic rings. The minimum absolute atomic E-state index is 0.144. The summed E-state index contributed by atoms with van der Waals surface area (Å²) in [5, 5.41) is 0. The number of nitrogens with two attached hydrogens (primary N) is 1. The Morgan fingerprint density at radius 2 is 2.14 bits per heavy atom. The molecule has 0 aromatic carbocycles. The van der Waals surface area contributed by atoms with Crippen molar-refractivity contribution in [3.8, 4) is 0 Å². The maximum atomic E-state index is 11.7. The molecule has 0 aliphatic carbocycles. The Morgan fingerprint density at radius 3 is 2.81 bits per heavy atom. The number of nitrogens with zero attached hydrogens (tertiary/aromatic N) is 4. The number of carbonyl (C=O) groups excluding carboxylic acids is 1. The molecule has 1 atom stereocenters. The van der Waals surface area contributed by atoms with E-state index in [0.29, 0.717) is 11.2 Å². The minimum Gasteiger partial charge on any atom is -0.436 e. The van der Waals surface area contributed by atoms with Gasteiger partial charge in [0.2, 0.25) is 12.2 Å². The lowest BCUT2D eigenvalue weighted by Gasteiger charge is -2.21. The van der Waals surface area contributed by atoms with Gasteiger partial charge in [-0.2, -0.15) is 4.98 Å². The van der Waals surface area contributed by atoms with Crippen molar-refractivity contribution in [3.05, 3.63) is 12.5 Å². The standard InChI is InChI=1S/C13H19N5O3/c1-8(21-11(19)13(2,3)4)20-7-18-6-16-9-5-15-12(14)17-10(9)18/h5-6,8H,7H2,1-4H3,(H2,14,15,17). The number of anilines is 1. The first-order valence-corrected chi connectivity index (χ1v) is 6.53. The highest BCUT2D eigenvalue weighted by molar-refractivity contribution is 5.75. The molecule has 21 heavy (non-hydrogen) atoms. The van der Waals surface area contributed by atoms with Crippen LogP contribution in [-0.2, 0) is 21.0 Å². The largest absolute Gasteiger partial charge is 0.436 e. The van der Waals surface area contributed by atoms with E-state index < -0.39 is 11.7 Å². The van der Waals surface area contributed by atoms with Gasteiger partial charge < -0.3 is 15.2 Å². The van der Waals surface area contributed by atoms with Gasteiger partial charge in [0.05, 0.1) is 17.9 Å². The summed E-state index contributed by atoms with van der Waals surface area (Å²) < 4.78 is 12.3. The molecule has 0 aliphatic rings. The van der Waals surface area contributed by atoms with Gasteiger partial charge >= 0.3 is 5.97 Å². The fraction of sp³-hybridized carbons (Fsp3) is 0.538. The van der Waals surface area contributed by atoms with Crippen LogP contribution in [0.1, 0.15) is 27.7 Å². The second-order valence-electron chi connectivity index (χ2n) is 5.67. The maximum Gasteiger partial charge on any atom is 0.313 e. The molecule has 0 aliphatic heterocycles. The summed E-state index contributed by atoms with van der Waals surface area (Å²) >= 11 is 0. The molecule has 0 fully saturated rings. The number of carbonyl (C=O) groups is 1. The van der Waals surface area contributed by atoms with Crippen molar-refractivity contribution in [3.63, 3.8) is 0 Å². The first-order chi connectivity index (χ1) is 9.77. The maximum absolute atomic E-state index is 11.7. The van der Waals surface area contributed by atoms with Crippen molar-refractivity contribution < 1.29 is 14.3 Å². The van der Waals surface area contributed by atoms with Gasteiger partial charge in [0, 0.05) is 0 Å². The fourth-order valence-corrected chi connectivity index (χ4v) is 1.51. The molecule has 0 bridgehead atoms. The van der Waals surface area contributed by atoms with Gasteiger partial charge in [0.1, 0.15) is 12.2 Å². The van der Waals surface area contributed by atoms with Crippen LogP contribution in [0.2, 0.25) is 0 Å². The number of aromatic nitrogens is 4. The van der Waals surface area contributed by atoms with E-state index in [2.05, 4.69) is 15.0 Å². The normalized spacial score (nSPS) is 13.3. The van der Waals surface area contributed by atoms with Crippen LogP contribution in [0.3, 0.4) is 0 Å². The molecular weight excluding hydrogens is 274 g/mol. The summed E-state index contributed by atoms with van der Waals surface area (Å²) in [5.74, 6) is -0.159. The van der Waals surface area contributed by atoms with E-state index in [0.717, 1.165) is 0 Å². The van der Waals surface area contributed by atoms with Gasteiger partial charge in [-0.15, -0.1) is 0 Å². The second kappa shape index (κ2) is 5.65. The number of hydrogen-bond acceptors (Lipinski definition) is 7. The number of nitrogen functional groups attached to an aromatic ring is 1. The van der Waals surface area contributed by atoms with Gasteiger partial charge in [-0.05, 0) is 27.7 Å². The lowest BCUT2D eigenvalue weighted by atomic mass is 9.97. The predicted octanol–water partition coefficient (Wildman–Crippen LogP) is 1.32. The number of ether oxygens (including phenoxy) is 2.